The van der Waals surface area contributed by atoms with E-state index in [1.54, 1.807) is 23.1 Å². The SMILES string of the molecule is CC[C@H](C(=O)NCC(C)C)N(Cc1ccc(Cl)cc1Cl)C(=O)CSc1ccc(C)cc1. The zero-order valence-corrected chi connectivity index (χ0v) is 20.8. The third-order valence-corrected chi connectivity index (χ3v) is 6.39. The molecule has 1 atom stereocenters. The first kappa shape index (κ1) is 25.6. The predicted octanol–water partition coefficient (Wildman–Crippen LogP) is 5.97. The minimum Gasteiger partial charge on any atom is -0.354 e. The van der Waals surface area contributed by atoms with Gasteiger partial charge in [0.2, 0.25) is 11.8 Å². The smallest absolute Gasteiger partial charge is 0.242 e. The second kappa shape index (κ2) is 12.4. The average molecular weight is 481 g/mol. The van der Waals surface area contributed by atoms with E-state index in [1.807, 2.05) is 52.0 Å². The molecule has 31 heavy (non-hydrogen) atoms. The third-order valence-electron chi connectivity index (χ3n) is 4.81. The van der Waals surface area contributed by atoms with E-state index in [2.05, 4.69) is 5.32 Å². The third kappa shape index (κ3) is 8.06. The Morgan fingerprint density at radius 1 is 1.10 bits per heavy atom. The van der Waals surface area contributed by atoms with Gasteiger partial charge in [0.15, 0.2) is 0 Å². The van der Waals surface area contributed by atoms with Crippen molar-refractivity contribution in [2.24, 2.45) is 5.92 Å². The lowest BCUT2D eigenvalue weighted by atomic mass is 10.1. The van der Waals surface area contributed by atoms with Gasteiger partial charge in [-0.2, -0.15) is 0 Å². The average Bonchev–Trinajstić information content (AvgIpc) is 2.73. The molecular formula is C24H30Cl2N2O2S. The number of hydrogen-bond acceptors (Lipinski definition) is 3. The van der Waals surface area contributed by atoms with E-state index in [0.717, 1.165) is 10.5 Å². The Bertz CT molecular complexity index is 888. The van der Waals surface area contributed by atoms with Crippen LogP contribution in [0, 0.1) is 12.8 Å². The molecule has 2 aromatic carbocycles. The number of amides is 2. The summed E-state index contributed by atoms with van der Waals surface area (Å²) in [5.41, 5.74) is 1.93. The number of nitrogens with one attached hydrogen (secondary N) is 1. The number of aryl methyl sites for hydroxylation is 1. The molecule has 0 aliphatic rings. The molecule has 0 aromatic heterocycles. The second-order valence-electron chi connectivity index (χ2n) is 7.92. The van der Waals surface area contributed by atoms with Gasteiger partial charge in [0.05, 0.1) is 5.75 Å². The molecule has 7 heteroatoms. The molecule has 2 amide bonds. The molecule has 2 rings (SSSR count). The van der Waals surface area contributed by atoms with Crippen molar-refractivity contribution >= 4 is 46.8 Å². The van der Waals surface area contributed by atoms with Crippen LogP contribution in [0.1, 0.15) is 38.3 Å². The number of nitrogens with zero attached hydrogens (tertiary/aromatic N) is 1. The molecule has 168 valence electrons. The summed E-state index contributed by atoms with van der Waals surface area (Å²) in [6.07, 6.45) is 0.510. The topological polar surface area (TPSA) is 49.4 Å². The Kier molecular flexibility index (Phi) is 10.2. The monoisotopic (exact) mass is 480 g/mol. The summed E-state index contributed by atoms with van der Waals surface area (Å²) >= 11 is 13.9. The van der Waals surface area contributed by atoms with Gasteiger partial charge in [-0.05, 0) is 49.1 Å². The first-order chi connectivity index (χ1) is 14.7. The maximum absolute atomic E-state index is 13.3. The number of carbonyl (C=O) groups is 2. The molecule has 0 saturated carbocycles. The first-order valence-electron chi connectivity index (χ1n) is 10.4. The van der Waals surface area contributed by atoms with Gasteiger partial charge in [-0.1, -0.05) is 67.7 Å². The molecule has 2 aromatic rings. The van der Waals surface area contributed by atoms with Crippen molar-refractivity contribution in [3.63, 3.8) is 0 Å². The quantitative estimate of drug-likeness (QED) is 0.425. The molecule has 1 N–H and O–H groups in total. The highest BCUT2D eigenvalue weighted by Crippen LogP contribution is 2.25. The van der Waals surface area contributed by atoms with Gasteiger partial charge in [0.1, 0.15) is 6.04 Å². The maximum Gasteiger partial charge on any atom is 0.242 e. The molecule has 0 radical (unpaired) electrons. The predicted molar refractivity (Wildman–Crippen MR) is 131 cm³/mol. The fourth-order valence-electron chi connectivity index (χ4n) is 3.04. The van der Waals surface area contributed by atoms with Gasteiger partial charge in [-0.3, -0.25) is 9.59 Å². The Hall–Kier alpha value is -1.69. The molecule has 0 saturated heterocycles. The van der Waals surface area contributed by atoms with Crippen LogP contribution >= 0.6 is 35.0 Å². The van der Waals surface area contributed by atoms with Gasteiger partial charge in [0.25, 0.3) is 0 Å². The maximum atomic E-state index is 13.3. The zero-order chi connectivity index (χ0) is 23.0. The highest BCUT2D eigenvalue weighted by atomic mass is 35.5. The lowest BCUT2D eigenvalue weighted by Crippen LogP contribution is -2.50. The highest BCUT2D eigenvalue weighted by molar-refractivity contribution is 8.00. The van der Waals surface area contributed by atoms with Crippen LogP contribution in [0.4, 0.5) is 0 Å². The Labute approximate surface area is 199 Å². The van der Waals surface area contributed by atoms with Crippen LogP contribution in [0.3, 0.4) is 0 Å². The summed E-state index contributed by atoms with van der Waals surface area (Å²) < 4.78 is 0. The van der Waals surface area contributed by atoms with Gasteiger partial charge in [-0.15, -0.1) is 11.8 Å². The van der Waals surface area contributed by atoms with Crippen molar-refractivity contribution in [2.75, 3.05) is 12.3 Å². The lowest BCUT2D eigenvalue weighted by Gasteiger charge is -2.31. The van der Waals surface area contributed by atoms with Crippen molar-refractivity contribution in [3.05, 3.63) is 63.6 Å². The van der Waals surface area contributed by atoms with Crippen molar-refractivity contribution in [1.82, 2.24) is 10.2 Å². The van der Waals surface area contributed by atoms with E-state index in [0.29, 0.717) is 28.9 Å². The molecule has 0 unspecified atom stereocenters. The van der Waals surface area contributed by atoms with Crippen LogP contribution in [0.2, 0.25) is 10.0 Å². The number of thioether (sulfide) groups is 1. The van der Waals surface area contributed by atoms with Crippen molar-refractivity contribution < 1.29 is 9.59 Å². The van der Waals surface area contributed by atoms with E-state index in [1.165, 1.54) is 17.3 Å². The van der Waals surface area contributed by atoms with E-state index in [-0.39, 0.29) is 24.1 Å². The van der Waals surface area contributed by atoms with Crippen LogP contribution < -0.4 is 5.32 Å². The van der Waals surface area contributed by atoms with Crippen molar-refractivity contribution in [1.29, 1.82) is 0 Å². The van der Waals surface area contributed by atoms with Gasteiger partial charge in [0, 0.05) is 28.0 Å². The molecule has 4 nitrogen and oxygen atoms in total. The normalized spacial score (nSPS) is 12.0. The van der Waals surface area contributed by atoms with Crippen LogP contribution in [-0.2, 0) is 16.1 Å². The highest BCUT2D eigenvalue weighted by Gasteiger charge is 2.29. The Morgan fingerprint density at radius 3 is 2.35 bits per heavy atom. The van der Waals surface area contributed by atoms with E-state index < -0.39 is 6.04 Å². The minimum absolute atomic E-state index is 0.108. The summed E-state index contributed by atoms with van der Waals surface area (Å²) in [6, 6.07) is 12.7. The Morgan fingerprint density at radius 2 is 1.77 bits per heavy atom. The van der Waals surface area contributed by atoms with Crippen LogP contribution in [0.15, 0.2) is 47.4 Å². The first-order valence-corrected chi connectivity index (χ1v) is 12.2. The summed E-state index contributed by atoms with van der Waals surface area (Å²) in [6.45, 7) is 8.83. The lowest BCUT2D eigenvalue weighted by molar-refractivity contribution is -0.139. The van der Waals surface area contributed by atoms with Gasteiger partial charge in [-0.25, -0.2) is 0 Å². The molecule has 0 fully saturated rings. The standard InChI is InChI=1S/C24H30Cl2N2O2S/c1-5-22(24(30)27-13-16(2)3)28(14-18-8-9-19(25)12-21(18)26)23(29)15-31-20-10-6-17(4)7-11-20/h6-12,16,22H,5,13-15H2,1-4H3,(H,27,30)/t22-/m1/s1. The summed E-state index contributed by atoms with van der Waals surface area (Å²) in [5.74, 6) is 0.314. The summed E-state index contributed by atoms with van der Waals surface area (Å²) in [4.78, 5) is 28.8. The molecule has 0 aliphatic heterocycles. The molecule has 0 spiro atoms. The van der Waals surface area contributed by atoms with Crippen LogP contribution in [-0.4, -0.2) is 35.1 Å². The number of halogens is 2. The summed E-state index contributed by atoms with van der Waals surface area (Å²) in [5, 5.41) is 3.98. The number of rotatable bonds is 10. The summed E-state index contributed by atoms with van der Waals surface area (Å²) in [7, 11) is 0. The molecule has 0 bridgehead atoms. The fraction of sp³-hybridized carbons (Fsp3) is 0.417. The minimum atomic E-state index is -0.573. The molecule has 0 aliphatic carbocycles. The van der Waals surface area contributed by atoms with Crippen molar-refractivity contribution in [2.45, 2.75) is 51.6 Å². The van der Waals surface area contributed by atoms with Crippen LogP contribution in [0.25, 0.3) is 0 Å². The number of hydrogen-bond donors (Lipinski definition) is 1. The number of carbonyl (C=O) groups excluding carboxylic acids is 2. The van der Waals surface area contributed by atoms with Crippen LogP contribution in [0.5, 0.6) is 0 Å². The Balaban J connectivity index is 2.22. The van der Waals surface area contributed by atoms with E-state index in [9.17, 15) is 9.59 Å². The number of benzene rings is 2. The van der Waals surface area contributed by atoms with E-state index in [4.69, 9.17) is 23.2 Å². The van der Waals surface area contributed by atoms with Gasteiger partial charge >= 0.3 is 0 Å². The molecular weight excluding hydrogens is 451 g/mol. The second-order valence-corrected chi connectivity index (χ2v) is 9.81. The zero-order valence-electron chi connectivity index (χ0n) is 18.5. The largest absolute Gasteiger partial charge is 0.354 e. The van der Waals surface area contributed by atoms with E-state index >= 15 is 0 Å². The molecule has 0 heterocycles. The van der Waals surface area contributed by atoms with Crippen molar-refractivity contribution in [3.8, 4) is 0 Å². The fourth-order valence-corrected chi connectivity index (χ4v) is 4.29. The van der Waals surface area contributed by atoms with Gasteiger partial charge < -0.3 is 10.2 Å².